The lowest BCUT2D eigenvalue weighted by atomic mass is 10.0. The first-order chi connectivity index (χ1) is 6.31. The van der Waals surface area contributed by atoms with Gasteiger partial charge in [-0.05, 0) is 36.0 Å². The molecule has 0 radical (unpaired) electrons. The van der Waals surface area contributed by atoms with Crippen LogP contribution in [-0.4, -0.2) is 10.4 Å². The van der Waals surface area contributed by atoms with E-state index in [2.05, 4.69) is 28.1 Å². The van der Waals surface area contributed by atoms with Crippen LogP contribution in [-0.2, 0) is 12.8 Å². The Bertz CT molecular complexity index is 309. The van der Waals surface area contributed by atoms with Crippen molar-refractivity contribution in [1.29, 1.82) is 0 Å². The van der Waals surface area contributed by atoms with Crippen LogP contribution in [0.4, 0.5) is 0 Å². The molecule has 1 aromatic rings. The van der Waals surface area contributed by atoms with Gasteiger partial charge in [0.2, 0.25) is 0 Å². The van der Waals surface area contributed by atoms with Gasteiger partial charge in [0.15, 0.2) is 0 Å². The van der Waals surface area contributed by atoms with Crippen LogP contribution in [0.3, 0.4) is 0 Å². The lowest BCUT2D eigenvalue weighted by Crippen LogP contribution is -1.99. The van der Waals surface area contributed by atoms with Gasteiger partial charge in [0, 0.05) is 5.33 Å². The van der Waals surface area contributed by atoms with Crippen LogP contribution in [0.2, 0.25) is 0 Å². The lowest BCUT2D eigenvalue weighted by Gasteiger charge is -2.09. The number of rotatable bonds is 2. The Labute approximate surface area is 86.9 Å². The summed E-state index contributed by atoms with van der Waals surface area (Å²) in [5.41, 5.74) is 3.93. The van der Waals surface area contributed by atoms with Crippen LogP contribution in [0.5, 0.6) is 0 Å². The van der Waals surface area contributed by atoms with Crippen LogP contribution in [0.25, 0.3) is 0 Å². The van der Waals surface area contributed by atoms with Crippen molar-refractivity contribution in [2.45, 2.75) is 25.4 Å². The van der Waals surface area contributed by atoms with E-state index in [1.54, 1.807) is 0 Å². The van der Waals surface area contributed by atoms with Crippen molar-refractivity contribution in [2.75, 3.05) is 5.33 Å². The molecular formula is C11H13BrO. The normalized spacial score (nSPS) is 17.1. The van der Waals surface area contributed by atoms with Gasteiger partial charge in [-0.25, -0.2) is 0 Å². The summed E-state index contributed by atoms with van der Waals surface area (Å²) in [5.74, 6) is 0. The van der Waals surface area contributed by atoms with Gasteiger partial charge in [0.1, 0.15) is 0 Å². The van der Waals surface area contributed by atoms with Crippen LogP contribution < -0.4 is 0 Å². The molecule has 1 nitrogen and oxygen atoms in total. The maximum Gasteiger partial charge on any atom is 0.0886 e. The number of hydrogen-bond donors (Lipinski definition) is 1. The second-order valence-electron chi connectivity index (χ2n) is 3.55. The summed E-state index contributed by atoms with van der Waals surface area (Å²) in [6.45, 7) is 0. The Balaban J connectivity index is 2.30. The summed E-state index contributed by atoms with van der Waals surface area (Å²) in [6, 6.07) is 6.34. The molecule has 0 fully saturated rings. The SMILES string of the molecule is OC(CBr)c1ccc2c(c1)CCC2. The fourth-order valence-electron chi connectivity index (χ4n) is 1.89. The highest BCUT2D eigenvalue weighted by molar-refractivity contribution is 9.09. The number of hydrogen-bond acceptors (Lipinski definition) is 1. The van der Waals surface area contributed by atoms with Gasteiger partial charge in [0.25, 0.3) is 0 Å². The molecule has 0 saturated carbocycles. The van der Waals surface area contributed by atoms with E-state index in [0.29, 0.717) is 5.33 Å². The topological polar surface area (TPSA) is 20.2 Å². The van der Waals surface area contributed by atoms with E-state index >= 15 is 0 Å². The van der Waals surface area contributed by atoms with Crippen LogP contribution in [0.1, 0.15) is 29.2 Å². The van der Waals surface area contributed by atoms with Gasteiger partial charge in [0.05, 0.1) is 6.10 Å². The average Bonchev–Trinajstić information content (AvgIpc) is 2.63. The highest BCUT2D eigenvalue weighted by atomic mass is 79.9. The van der Waals surface area contributed by atoms with Crippen LogP contribution >= 0.6 is 15.9 Å². The molecule has 0 aromatic heterocycles. The van der Waals surface area contributed by atoms with Gasteiger partial charge >= 0.3 is 0 Å². The van der Waals surface area contributed by atoms with Crippen molar-refractivity contribution in [2.24, 2.45) is 0 Å². The second-order valence-corrected chi connectivity index (χ2v) is 4.20. The van der Waals surface area contributed by atoms with Crippen LogP contribution in [0.15, 0.2) is 18.2 Å². The monoisotopic (exact) mass is 240 g/mol. The third-order valence-corrected chi connectivity index (χ3v) is 3.27. The van der Waals surface area contributed by atoms with E-state index in [1.807, 2.05) is 6.07 Å². The molecule has 70 valence electrons. The minimum Gasteiger partial charge on any atom is -0.388 e. The summed E-state index contributed by atoms with van der Waals surface area (Å²) in [7, 11) is 0. The number of aliphatic hydroxyl groups excluding tert-OH is 1. The molecule has 1 aromatic carbocycles. The Morgan fingerprint density at radius 1 is 1.31 bits per heavy atom. The van der Waals surface area contributed by atoms with Gasteiger partial charge < -0.3 is 5.11 Å². The molecule has 2 heteroatoms. The van der Waals surface area contributed by atoms with E-state index in [0.717, 1.165) is 5.56 Å². The first-order valence-corrected chi connectivity index (χ1v) is 5.79. The predicted octanol–water partition coefficient (Wildman–Crippen LogP) is 2.60. The molecule has 1 aliphatic carbocycles. The lowest BCUT2D eigenvalue weighted by molar-refractivity contribution is 0.205. The summed E-state index contributed by atoms with van der Waals surface area (Å²) in [4.78, 5) is 0. The Morgan fingerprint density at radius 3 is 2.85 bits per heavy atom. The molecule has 0 aliphatic heterocycles. The van der Waals surface area contributed by atoms with E-state index in [9.17, 15) is 5.11 Å². The van der Waals surface area contributed by atoms with Crippen molar-refractivity contribution in [3.05, 3.63) is 34.9 Å². The zero-order chi connectivity index (χ0) is 9.26. The molecule has 1 unspecified atom stereocenters. The minimum absolute atomic E-state index is 0.356. The van der Waals surface area contributed by atoms with E-state index < -0.39 is 0 Å². The number of aryl methyl sites for hydroxylation is 2. The smallest absolute Gasteiger partial charge is 0.0886 e. The van der Waals surface area contributed by atoms with E-state index in [-0.39, 0.29) is 6.10 Å². The van der Waals surface area contributed by atoms with Crippen molar-refractivity contribution >= 4 is 15.9 Å². The largest absolute Gasteiger partial charge is 0.388 e. The number of benzene rings is 1. The maximum atomic E-state index is 9.61. The van der Waals surface area contributed by atoms with E-state index in [1.165, 1.54) is 30.4 Å². The van der Waals surface area contributed by atoms with E-state index in [4.69, 9.17) is 0 Å². The molecule has 0 heterocycles. The Morgan fingerprint density at radius 2 is 2.08 bits per heavy atom. The molecule has 13 heavy (non-hydrogen) atoms. The molecule has 0 saturated heterocycles. The second kappa shape index (κ2) is 3.81. The quantitative estimate of drug-likeness (QED) is 0.789. The average molecular weight is 241 g/mol. The summed E-state index contributed by atoms with van der Waals surface area (Å²) >= 11 is 3.28. The summed E-state index contributed by atoms with van der Waals surface area (Å²) < 4.78 is 0. The fraction of sp³-hybridized carbons (Fsp3) is 0.455. The van der Waals surface area contributed by atoms with Gasteiger partial charge in [-0.1, -0.05) is 34.1 Å². The number of halogens is 1. The van der Waals surface area contributed by atoms with Crippen molar-refractivity contribution < 1.29 is 5.11 Å². The Kier molecular flexibility index (Phi) is 2.70. The fourth-order valence-corrected chi connectivity index (χ4v) is 2.26. The zero-order valence-corrected chi connectivity index (χ0v) is 9.05. The van der Waals surface area contributed by atoms with Crippen molar-refractivity contribution in [3.63, 3.8) is 0 Å². The Hall–Kier alpha value is -0.340. The summed E-state index contributed by atoms with van der Waals surface area (Å²) in [5, 5.41) is 10.2. The molecule has 1 aliphatic rings. The molecule has 1 atom stereocenters. The third kappa shape index (κ3) is 1.79. The van der Waals surface area contributed by atoms with Gasteiger partial charge in [-0.3, -0.25) is 0 Å². The first-order valence-electron chi connectivity index (χ1n) is 4.67. The highest BCUT2D eigenvalue weighted by Gasteiger charge is 2.13. The number of alkyl halides is 1. The third-order valence-electron chi connectivity index (χ3n) is 2.65. The number of fused-ring (bicyclic) bond motifs is 1. The predicted molar refractivity (Wildman–Crippen MR) is 57.2 cm³/mol. The van der Waals surface area contributed by atoms with Crippen molar-refractivity contribution in [1.82, 2.24) is 0 Å². The van der Waals surface area contributed by atoms with Crippen molar-refractivity contribution in [3.8, 4) is 0 Å². The van der Waals surface area contributed by atoms with Gasteiger partial charge in [-0.2, -0.15) is 0 Å². The summed E-state index contributed by atoms with van der Waals surface area (Å²) in [6.07, 6.45) is 3.30. The maximum absolute atomic E-state index is 9.61. The molecular weight excluding hydrogens is 228 g/mol. The molecule has 0 bridgehead atoms. The standard InChI is InChI=1S/C11H13BrO/c12-7-11(13)10-5-4-8-2-1-3-9(8)6-10/h4-6,11,13H,1-3,7H2. The number of aliphatic hydroxyl groups is 1. The molecule has 2 rings (SSSR count). The van der Waals surface area contributed by atoms with Crippen LogP contribution in [0, 0.1) is 0 Å². The zero-order valence-electron chi connectivity index (χ0n) is 7.46. The molecule has 1 N–H and O–H groups in total. The highest BCUT2D eigenvalue weighted by Crippen LogP contribution is 2.25. The molecule has 0 spiro atoms. The minimum atomic E-state index is -0.356. The first kappa shape index (κ1) is 9.22. The van der Waals surface area contributed by atoms with Gasteiger partial charge in [-0.15, -0.1) is 0 Å². The molecule has 0 amide bonds.